The first-order chi connectivity index (χ1) is 8.15. The fourth-order valence-corrected chi connectivity index (χ4v) is 1.63. The van der Waals surface area contributed by atoms with Gasteiger partial charge in [0.25, 0.3) is 0 Å². The molecule has 94 valence electrons. The van der Waals surface area contributed by atoms with E-state index in [4.69, 9.17) is 11.6 Å². The van der Waals surface area contributed by atoms with Crippen LogP contribution in [0.5, 0.6) is 0 Å². The van der Waals surface area contributed by atoms with Gasteiger partial charge in [-0.1, -0.05) is 37.1 Å². The number of para-hydroxylation sites is 1. The third-order valence-electron chi connectivity index (χ3n) is 2.58. The Hall–Kier alpha value is -1.22. The van der Waals surface area contributed by atoms with E-state index >= 15 is 0 Å². The molecule has 0 bridgehead atoms. The van der Waals surface area contributed by atoms with E-state index < -0.39 is 0 Å². The van der Waals surface area contributed by atoms with Crippen LogP contribution < -0.4 is 5.32 Å². The van der Waals surface area contributed by atoms with Gasteiger partial charge in [-0.25, -0.2) is 0 Å². The number of rotatable bonds is 6. The van der Waals surface area contributed by atoms with E-state index in [1.165, 1.54) is 0 Å². The van der Waals surface area contributed by atoms with Crippen molar-refractivity contribution in [3.63, 3.8) is 0 Å². The average molecular weight is 255 g/mol. The lowest BCUT2D eigenvalue weighted by molar-refractivity contribution is -0.128. The van der Waals surface area contributed by atoms with Crippen LogP contribution in [-0.4, -0.2) is 30.9 Å². The molecule has 1 aromatic carbocycles. The van der Waals surface area contributed by atoms with Gasteiger partial charge in [0, 0.05) is 13.6 Å². The minimum absolute atomic E-state index is 0.0818. The molecule has 3 nitrogen and oxygen atoms in total. The van der Waals surface area contributed by atoms with Crippen LogP contribution in [-0.2, 0) is 4.79 Å². The van der Waals surface area contributed by atoms with Crippen molar-refractivity contribution in [3.8, 4) is 0 Å². The highest BCUT2D eigenvalue weighted by atomic mass is 35.5. The molecule has 4 heteroatoms. The van der Waals surface area contributed by atoms with E-state index in [0.717, 1.165) is 25.1 Å². The Bertz CT molecular complexity index is 368. The second-order valence-electron chi connectivity index (χ2n) is 4.00. The predicted octanol–water partition coefficient (Wildman–Crippen LogP) is 3.01. The number of nitrogens with zero attached hydrogens (tertiary/aromatic N) is 1. The molecular formula is C13H19ClN2O. The second-order valence-corrected chi connectivity index (χ2v) is 4.41. The van der Waals surface area contributed by atoms with Crippen molar-refractivity contribution in [2.75, 3.05) is 25.5 Å². The molecular weight excluding hydrogens is 236 g/mol. The number of carbonyl (C=O) groups excluding carboxylic acids is 1. The van der Waals surface area contributed by atoms with Gasteiger partial charge in [-0.15, -0.1) is 0 Å². The standard InChI is InChI=1S/C13H19ClN2O/c1-3-4-9-16(2)13(17)10-15-12-8-6-5-7-11(12)14/h5-8,15H,3-4,9-10H2,1-2H3. The van der Waals surface area contributed by atoms with Crippen LogP contribution in [0.1, 0.15) is 19.8 Å². The molecule has 0 aliphatic carbocycles. The summed E-state index contributed by atoms with van der Waals surface area (Å²) in [5.41, 5.74) is 0.798. The van der Waals surface area contributed by atoms with Crippen molar-refractivity contribution in [3.05, 3.63) is 29.3 Å². The Balaban J connectivity index is 2.40. The number of benzene rings is 1. The van der Waals surface area contributed by atoms with Gasteiger partial charge in [0.2, 0.25) is 5.91 Å². The van der Waals surface area contributed by atoms with Crippen LogP contribution in [0.15, 0.2) is 24.3 Å². The highest BCUT2D eigenvalue weighted by Gasteiger charge is 2.08. The molecule has 0 unspecified atom stereocenters. The van der Waals surface area contributed by atoms with E-state index in [0.29, 0.717) is 5.02 Å². The number of carbonyl (C=O) groups is 1. The molecule has 17 heavy (non-hydrogen) atoms. The van der Waals surface area contributed by atoms with Crippen LogP contribution in [0.3, 0.4) is 0 Å². The number of likely N-dealkylation sites (N-methyl/N-ethyl adjacent to an activating group) is 1. The van der Waals surface area contributed by atoms with Gasteiger partial charge in [0.15, 0.2) is 0 Å². The van der Waals surface area contributed by atoms with Crippen molar-refractivity contribution < 1.29 is 4.79 Å². The van der Waals surface area contributed by atoms with Crippen molar-refractivity contribution in [1.29, 1.82) is 0 Å². The summed E-state index contributed by atoms with van der Waals surface area (Å²) >= 11 is 5.98. The van der Waals surface area contributed by atoms with Gasteiger partial charge in [-0.05, 0) is 18.6 Å². The molecule has 0 saturated carbocycles. The summed E-state index contributed by atoms with van der Waals surface area (Å²) in [6.07, 6.45) is 2.13. The number of amides is 1. The smallest absolute Gasteiger partial charge is 0.241 e. The predicted molar refractivity (Wildman–Crippen MR) is 72.5 cm³/mol. The summed E-state index contributed by atoms with van der Waals surface area (Å²) in [5, 5.41) is 3.68. The van der Waals surface area contributed by atoms with Crippen molar-refractivity contribution in [2.45, 2.75) is 19.8 Å². The summed E-state index contributed by atoms with van der Waals surface area (Å²) in [6, 6.07) is 7.42. The Morgan fingerprint density at radius 3 is 2.76 bits per heavy atom. The molecule has 1 N–H and O–H groups in total. The molecule has 1 rings (SSSR count). The van der Waals surface area contributed by atoms with E-state index in [1.54, 1.807) is 11.0 Å². The Kier molecular flexibility index (Phi) is 5.84. The fraction of sp³-hybridized carbons (Fsp3) is 0.462. The van der Waals surface area contributed by atoms with Gasteiger partial charge in [0.1, 0.15) is 0 Å². The third-order valence-corrected chi connectivity index (χ3v) is 2.91. The maximum Gasteiger partial charge on any atom is 0.241 e. The summed E-state index contributed by atoms with van der Waals surface area (Å²) in [5.74, 6) is 0.0818. The Morgan fingerprint density at radius 1 is 1.41 bits per heavy atom. The van der Waals surface area contributed by atoms with E-state index in [2.05, 4.69) is 12.2 Å². The Labute approximate surface area is 108 Å². The lowest BCUT2D eigenvalue weighted by Gasteiger charge is -2.17. The van der Waals surface area contributed by atoms with E-state index in [1.807, 2.05) is 25.2 Å². The number of unbranched alkanes of at least 4 members (excludes halogenated alkanes) is 1. The van der Waals surface area contributed by atoms with E-state index in [9.17, 15) is 4.79 Å². The topological polar surface area (TPSA) is 32.3 Å². The van der Waals surface area contributed by atoms with E-state index in [-0.39, 0.29) is 12.5 Å². The summed E-state index contributed by atoms with van der Waals surface area (Å²) in [4.78, 5) is 13.5. The van der Waals surface area contributed by atoms with Gasteiger partial charge in [-0.2, -0.15) is 0 Å². The van der Waals surface area contributed by atoms with Crippen LogP contribution in [0, 0.1) is 0 Å². The van der Waals surface area contributed by atoms with Crippen LogP contribution >= 0.6 is 11.6 Å². The third kappa shape index (κ3) is 4.65. The molecule has 0 aliphatic rings. The highest BCUT2D eigenvalue weighted by Crippen LogP contribution is 2.19. The number of anilines is 1. The zero-order valence-corrected chi connectivity index (χ0v) is 11.1. The SMILES string of the molecule is CCCCN(C)C(=O)CNc1ccccc1Cl. The second kappa shape index (κ2) is 7.17. The maximum atomic E-state index is 11.8. The van der Waals surface area contributed by atoms with Gasteiger partial charge in [0.05, 0.1) is 17.3 Å². The normalized spacial score (nSPS) is 10.1. The number of halogens is 1. The highest BCUT2D eigenvalue weighted by molar-refractivity contribution is 6.33. The summed E-state index contributed by atoms with van der Waals surface area (Å²) in [6.45, 7) is 3.20. The molecule has 0 aromatic heterocycles. The number of hydrogen-bond donors (Lipinski definition) is 1. The zero-order valence-electron chi connectivity index (χ0n) is 10.4. The lowest BCUT2D eigenvalue weighted by atomic mass is 10.3. The first-order valence-electron chi connectivity index (χ1n) is 5.87. The molecule has 1 aromatic rings. The van der Waals surface area contributed by atoms with Crippen LogP contribution in [0.4, 0.5) is 5.69 Å². The van der Waals surface area contributed by atoms with Crippen molar-refractivity contribution >= 4 is 23.2 Å². The first kappa shape index (κ1) is 13.8. The van der Waals surface area contributed by atoms with Crippen molar-refractivity contribution in [1.82, 2.24) is 4.90 Å². The summed E-state index contributed by atoms with van der Waals surface area (Å²) < 4.78 is 0. The minimum Gasteiger partial charge on any atom is -0.375 e. The van der Waals surface area contributed by atoms with Gasteiger partial charge in [-0.3, -0.25) is 4.79 Å². The summed E-state index contributed by atoms with van der Waals surface area (Å²) in [7, 11) is 1.83. The maximum absolute atomic E-state index is 11.8. The van der Waals surface area contributed by atoms with Crippen LogP contribution in [0.2, 0.25) is 5.02 Å². The number of nitrogens with one attached hydrogen (secondary N) is 1. The zero-order chi connectivity index (χ0) is 12.7. The van der Waals surface area contributed by atoms with Crippen LogP contribution in [0.25, 0.3) is 0 Å². The minimum atomic E-state index is 0.0818. The molecule has 0 radical (unpaired) electrons. The molecule has 0 aliphatic heterocycles. The average Bonchev–Trinajstić information content (AvgIpc) is 2.34. The first-order valence-corrected chi connectivity index (χ1v) is 6.25. The largest absolute Gasteiger partial charge is 0.375 e. The molecule has 0 spiro atoms. The van der Waals surface area contributed by atoms with Crippen molar-refractivity contribution in [2.24, 2.45) is 0 Å². The Morgan fingerprint density at radius 2 is 2.12 bits per heavy atom. The molecule has 0 fully saturated rings. The molecule has 0 saturated heterocycles. The molecule has 0 atom stereocenters. The lowest BCUT2D eigenvalue weighted by Crippen LogP contribution is -2.32. The monoisotopic (exact) mass is 254 g/mol. The fourth-order valence-electron chi connectivity index (χ4n) is 1.43. The quantitative estimate of drug-likeness (QED) is 0.846. The molecule has 1 amide bonds. The molecule has 0 heterocycles. The number of hydrogen-bond acceptors (Lipinski definition) is 2. The van der Waals surface area contributed by atoms with Gasteiger partial charge >= 0.3 is 0 Å². The van der Waals surface area contributed by atoms with Gasteiger partial charge < -0.3 is 10.2 Å².